The molecule has 1 unspecified atom stereocenters. The molecule has 0 amide bonds. The van der Waals surface area contributed by atoms with Crippen molar-refractivity contribution in [2.24, 2.45) is 4.99 Å². The SMILES string of the molecule is CN=C(NCCCOCCOC)NCC(C)Oc1ccccc1Cl.I. The standard InChI is InChI=1S/C17H28ClN3O3.HI/c1-14(24-16-8-5-4-7-15(16)18)13-21-17(19-2)20-9-6-10-23-12-11-22-3;/h4-5,7-8,14H,6,9-13H2,1-3H3,(H2,19,20,21);1H. The van der Waals surface area contributed by atoms with E-state index in [0.717, 1.165) is 18.9 Å². The van der Waals surface area contributed by atoms with Crippen LogP contribution in [-0.4, -0.2) is 59.1 Å². The lowest BCUT2D eigenvalue weighted by Crippen LogP contribution is -2.42. The molecule has 2 N–H and O–H groups in total. The Morgan fingerprint density at radius 3 is 2.64 bits per heavy atom. The second-order valence-corrected chi connectivity index (χ2v) is 5.60. The zero-order valence-corrected chi connectivity index (χ0v) is 18.2. The van der Waals surface area contributed by atoms with Crippen molar-refractivity contribution in [1.82, 2.24) is 10.6 Å². The van der Waals surface area contributed by atoms with Gasteiger partial charge in [-0.1, -0.05) is 23.7 Å². The van der Waals surface area contributed by atoms with Crippen molar-refractivity contribution in [2.75, 3.05) is 47.1 Å². The van der Waals surface area contributed by atoms with Gasteiger partial charge in [-0.3, -0.25) is 4.99 Å². The predicted molar refractivity (Wildman–Crippen MR) is 114 cm³/mol. The molecule has 0 radical (unpaired) electrons. The summed E-state index contributed by atoms with van der Waals surface area (Å²) in [6.45, 7) is 5.33. The molecule has 8 heteroatoms. The Bertz CT molecular complexity index is 492. The minimum absolute atomic E-state index is 0. The lowest BCUT2D eigenvalue weighted by Gasteiger charge is -2.18. The molecule has 0 saturated heterocycles. The number of nitrogens with zero attached hydrogens (tertiary/aromatic N) is 1. The quantitative estimate of drug-likeness (QED) is 0.218. The highest BCUT2D eigenvalue weighted by atomic mass is 127. The topological polar surface area (TPSA) is 64.1 Å². The molecule has 0 fully saturated rings. The summed E-state index contributed by atoms with van der Waals surface area (Å²) in [5.74, 6) is 1.42. The number of hydrogen-bond donors (Lipinski definition) is 2. The largest absolute Gasteiger partial charge is 0.487 e. The number of para-hydroxylation sites is 1. The van der Waals surface area contributed by atoms with Gasteiger partial charge in [0.05, 0.1) is 24.8 Å². The van der Waals surface area contributed by atoms with Crippen LogP contribution in [0.25, 0.3) is 0 Å². The van der Waals surface area contributed by atoms with Crippen LogP contribution in [0.2, 0.25) is 5.02 Å². The Morgan fingerprint density at radius 2 is 1.96 bits per heavy atom. The first-order valence-corrected chi connectivity index (χ1v) is 8.47. The average molecular weight is 486 g/mol. The van der Waals surface area contributed by atoms with E-state index >= 15 is 0 Å². The number of guanidine groups is 1. The Kier molecular flexibility index (Phi) is 15.0. The molecule has 1 atom stereocenters. The van der Waals surface area contributed by atoms with Gasteiger partial charge in [-0.15, -0.1) is 24.0 Å². The summed E-state index contributed by atoms with van der Waals surface area (Å²) in [5, 5.41) is 7.08. The summed E-state index contributed by atoms with van der Waals surface area (Å²) in [6, 6.07) is 7.45. The minimum atomic E-state index is -0.0409. The van der Waals surface area contributed by atoms with Crippen LogP contribution in [0.5, 0.6) is 5.75 Å². The van der Waals surface area contributed by atoms with E-state index in [1.807, 2.05) is 31.2 Å². The van der Waals surface area contributed by atoms with Gasteiger partial charge in [-0.2, -0.15) is 0 Å². The maximum atomic E-state index is 6.09. The molecule has 0 aliphatic carbocycles. The highest BCUT2D eigenvalue weighted by Gasteiger charge is 2.07. The molecule has 0 aliphatic heterocycles. The number of aliphatic imine (C=N–C) groups is 1. The zero-order valence-electron chi connectivity index (χ0n) is 15.1. The van der Waals surface area contributed by atoms with E-state index in [1.54, 1.807) is 14.2 Å². The molecule has 0 aromatic heterocycles. The summed E-state index contributed by atoms with van der Waals surface area (Å²) in [5.41, 5.74) is 0. The molecule has 0 saturated carbocycles. The van der Waals surface area contributed by atoms with Crippen LogP contribution in [0.15, 0.2) is 29.3 Å². The van der Waals surface area contributed by atoms with E-state index in [9.17, 15) is 0 Å². The molecule has 6 nitrogen and oxygen atoms in total. The van der Waals surface area contributed by atoms with E-state index in [-0.39, 0.29) is 30.1 Å². The van der Waals surface area contributed by atoms with Crippen LogP contribution in [0.1, 0.15) is 13.3 Å². The van der Waals surface area contributed by atoms with E-state index in [2.05, 4.69) is 15.6 Å². The van der Waals surface area contributed by atoms with E-state index < -0.39 is 0 Å². The third-order valence-corrected chi connectivity index (χ3v) is 3.45. The first-order valence-electron chi connectivity index (χ1n) is 8.09. The van der Waals surface area contributed by atoms with Crippen molar-refractivity contribution in [3.63, 3.8) is 0 Å². The number of benzene rings is 1. The summed E-state index contributed by atoms with van der Waals surface area (Å²) in [4.78, 5) is 4.18. The average Bonchev–Trinajstić information content (AvgIpc) is 2.58. The van der Waals surface area contributed by atoms with Crippen LogP contribution in [0, 0.1) is 0 Å². The van der Waals surface area contributed by atoms with Crippen molar-refractivity contribution >= 4 is 41.5 Å². The van der Waals surface area contributed by atoms with Crippen LogP contribution >= 0.6 is 35.6 Å². The molecule has 25 heavy (non-hydrogen) atoms. The molecule has 0 aliphatic rings. The third-order valence-electron chi connectivity index (χ3n) is 3.14. The summed E-state index contributed by atoms with van der Waals surface area (Å²) in [7, 11) is 3.40. The summed E-state index contributed by atoms with van der Waals surface area (Å²) < 4.78 is 16.1. The number of halogens is 2. The number of hydrogen-bond acceptors (Lipinski definition) is 4. The first-order chi connectivity index (χ1) is 11.7. The van der Waals surface area contributed by atoms with Crippen molar-refractivity contribution in [3.05, 3.63) is 29.3 Å². The van der Waals surface area contributed by atoms with E-state index in [1.165, 1.54) is 0 Å². The molecule has 1 aromatic carbocycles. The van der Waals surface area contributed by atoms with E-state index in [4.69, 9.17) is 25.8 Å². The molecular formula is C17H29ClIN3O3. The van der Waals surface area contributed by atoms with Gasteiger partial charge in [0.1, 0.15) is 11.9 Å². The fourth-order valence-corrected chi connectivity index (χ4v) is 2.07. The third kappa shape index (κ3) is 11.5. The van der Waals surface area contributed by atoms with Gasteiger partial charge in [-0.05, 0) is 25.5 Å². The molecule has 144 valence electrons. The normalized spacial score (nSPS) is 12.2. The lowest BCUT2D eigenvalue weighted by molar-refractivity contribution is 0.0698. The number of nitrogens with one attached hydrogen (secondary N) is 2. The fourth-order valence-electron chi connectivity index (χ4n) is 1.89. The maximum Gasteiger partial charge on any atom is 0.191 e. The van der Waals surface area contributed by atoms with Crippen molar-refractivity contribution in [1.29, 1.82) is 0 Å². The second kappa shape index (κ2) is 15.5. The van der Waals surface area contributed by atoms with Gasteiger partial charge >= 0.3 is 0 Å². The number of ether oxygens (including phenoxy) is 3. The summed E-state index contributed by atoms with van der Waals surface area (Å²) in [6.07, 6.45) is 0.858. The molecule has 0 heterocycles. The predicted octanol–water partition coefficient (Wildman–Crippen LogP) is 2.94. The van der Waals surface area contributed by atoms with Crippen molar-refractivity contribution in [2.45, 2.75) is 19.4 Å². The number of methoxy groups -OCH3 is 1. The fraction of sp³-hybridized carbons (Fsp3) is 0.588. The van der Waals surface area contributed by atoms with Gasteiger partial charge in [-0.25, -0.2) is 0 Å². The lowest BCUT2D eigenvalue weighted by atomic mass is 10.3. The van der Waals surface area contributed by atoms with Gasteiger partial charge < -0.3 is 24.8 Å². The van der Waals surface area contributed by atoms with Crippen molar-refractivity contribution < 1.29 is 14.2 Å². The van der Waals surface area contributed by atoms with Gasteiger partial charge in [0, 0.05) is 27.3 Å². The Labute approximate surface area is 172 Å². The minimum Gasteiger partial charge on any atom is -0.487 e. The van der Waals surface area contributed by atoms with Crippen LogP contribution in [-0.2, 0) is 9.47 Å². The zero-order chi connectivity index (χ0) is 17.6. The second-order valence-electron chi connectivity index (χ2n) is 5.20. The molecular weight excluding hydrogens is 457 g/mol. The maximum absolute atomic E-state index is 6.09. The van der Waals surface area contributed by atoms with E-state index in [0.29, 0.717) is 37.1 Å². The van der Waals surface area contributed by atoms with Gasteiger partial charge in [0.25, 0.3) is 0 Å². The van der Waals surface area contributed by atoms with Crippen LogP contribution in [0.3, 0.4) is 0 Å². The highest BCUT2D eigenvalue weighted by Crippen LogP contribution is 2.23. The molecule has 0 spiro atoms. The monoisotopic (exact) mass is 485 g/mol. The smallest absolute Gasteiger partial charge is 0.191 e. The Balaban J connectivity index is 0.00000576. The van der Waals surface area contributed by atoms with Crippen LogP contribution < -0.4 is 15.4 Å². The highest BCUT2D eigenvalue weighted by molar-refractivity contribution is 14.0. The van der Waals surface area contributed by atoms with Crippen molar-refractivity contribution in [3.8, 4) is 5.75 Å². The molecule has 0 bridgehead atoms. The Morgan fingerprint density at radius 1 is 1.20 bits per heavy atom. The summed E-state index contributed by atoms with van der Waals surface area (Å²) >= 11 is 6.09. The molecule has 1 aromatic rings. The van der Waals surface area contributed by atoms with Gasteiger partial charge in [0.2, 0.25) is 0 Å². The molecule has 1 rings (SSSR count). The number of rotatable bonds is 11. The Hall–Kier alpha value is -0.770. The first kappa shape index (κ1) is 24.2. The van der Waals surface area contributed by atoms with Crippen LogP contribution in [0.4, 0.5) is 0 Å². The van der Waals surface area contributed by atoms with Gasteiger partial charge in [0.15, 0.2) is 5.96 Å².